The van der Waals surface area contributed by atoms with E-state index in [2.05, 4.69) is 5.32 Å². The minimum absolute atomic E-state index is 0.155. The van der Waals surface area contributed by atoms with E-state index in [-0.39, 0.29) is 12.1 Å². The number of rotatable bonds is 7. The van der Waals surface area contributed by atoms with Crippen LogP contribution in [0.1, 0.15) is 25.8 Å². The number of nitro benzene ring substituents is 1. The molecule has 0 bridgehead atoms. The van der Waals surface area contributed by atoms with Gasteiger partial charge in [-0.15, -0.1) is 0 Å². The van der Waals surface area contributed by atoms with Crippen molar-refractivity contribution < 1.29 is 14.4 Å². The fourth-order valence-corrected chi connectivity index (χ4v) is 1.84. The first kappa shape index (κ1) is 15.5. The van der Waals surface area contributed by atoms with E-state index in [1.54, 1.807) is 0 Å². The zero-order valence-corrected chi connectivity index (χ0v) is 11.1. The van der Waals surface area contributed by atoms with E-state index in [4.69, 9.17) is 0 Å². The second-order valence-electron chi connectivity index (χ2n) is 4.92. The molecule has 0 aliphatic rings. The zero-order valence-electron chi connectivity index (χ0n) is 11.1. The third-order valence-corrected chi connectivity index (χ3v) is 2.69. The second-order valence-corrected chi connectivity index (χ2v) is 4.92. The summed E-state index contributed by atoms with van der Waals surface area (Å²) in [5.41, 5.74) is -0.298. The molecule has 0 amide bonds. The molecular formula is C13H19FN2O3. The predicted octanol–water partition coefficient (Wildman–Crippen LogP) is 2.23. The average Bonchev–Trinajstić information content (AvgIpc) is 2.30. The highest BCUT2D eigenvalue weighted by atomic mass is 19.1. The predicted molar refractivity (Wildman–Crippen MR) is 70.2 cm³/mol. The summed E-state index contributed by atoms with van der Waals surface area (Å²) in [4.78, 5) is 9.84. The van der Waals surface area contributed by atoms with Gasteiger partial charge in [0.25, 0.3) is 0 Å². The van der Waals surface area contributed by atoms with Gasteiger partial charge in [0.05, 0.1) is 11.0 Å². The van der Waals surface area contributed by atoms with E-state index >= 15 is 0 Å². The Kier molecular flexibility index (Phi) is 5.85. The quantitative estimate of drug-likeness (QED) is 0.588. The van der Waals surface area contributed by atoms with Gasteiger partial charge in [0.2, 0.25) is 5.82 Å². The second kappa shape index (κ2) is 7.16. The summed E-state index contributed by atoms with van der Waals surface area (Å²) in [5.74, 6) is -0.440. The molecule has 0 radical (unpaired) electrons. The van der Waals surface area contributed by atoms with Crippen molar-refractivity contribution in [1.29, 1.82) is 0 Å². The van der Waals surface area contributed by atoms with Crippen LogP contribution in [0.2, 0.25) is 0 Å². The van der Waals surface area contributed by atoms with Crippen molar-refractivity contribution in [3.05, 3.63) is 39.7 Å². The highest BCUT2D eigenvalue weighted by Gasteiger charge is 2.17. The van der Waals surface area contributed by atoms with Crippen molar-refractivity contribution >= 4 is 5.69 Å². The molecule has 1 aromatic rings. The van der Waals surface area contributed by atoms with Crippen molar-refractivity contribution in [2.24, 2.45) is 5.92 Å². The van der Waals surface area contributed by atoms with Crippen molar-refractivity contribution in [2.45, 2.75) is 32.9 Å². The molecule has 6 heteroatoms. The molecule has 19 heavy (non-hydrogen) atoms. The lowest BCUT2D eigenvalue weighted by atomic mass is 10.1. The molecular weight excluding hydrogens is 251 g/mol. The van der Waals surface area contributed by atoms with Gasteiger partial charge in [-0.1, -0.05) is 26.0 Å². The maximum absolute atomic E-state index is 13.7. The van der Waals surface area contributed by atoms with Gasteiger partial charge in [0.15, 0.2) is 0 Å². The number of halogens is 1. The number of nitro groups is 1. The molecule has 0 saturated heterocycles. The summed E-state index contributed by atoms with van der Waals surface area (Å²) < 4.78 is 13.7. The largest absolute Gasteiger partial charge is 0.392 e. The topological polar surface area (TPSA) is 75.4 Å². The molecule has 5 nitrogen and oxygen atoms in total. The van der Waals surface area contributed by atoms with Gasteiger partial charge in [-0.2, -0.15) is 4.39 Å². The van der Waals surface area contributed by atoms with E-state index in [9.17, 15) is 19.6 Å². The van der Waals surface area contributed by atoms with Crippen molar-refractivity contribution in [2.75, 3.05) is 6.54 Å². The van der Waals surface area contributed by atoms with Gasteiger partial charge in [0, 0.05) is 24.7 Å². The van der Waals surface area contributed by atoms with Gasteiger partial charge >= 0.3 is 5.69 Å². The third kappa shape index (κ3) is 4.92. The van der Waals surface area contributed by atoms with Crippen LogP contribution in [0.5, 0.6) is 0 Å². The van der Waals surface area contributed by atoms with E-state index in [0.717, 1.165) is 6.07 Å². The minimum atomic E-state index is -0.821. The summed E-state index contributed by atoms with van der Waals surface area (Å²) in [7, 11) is 0. The van der Waals surface area contributed by atoms with Crippen LogP contribution in [0.4, 0.5) is 10.1 Å². The maximum atomic E-state index is 13.7. The van der Waals surface area contributed by atoms with Gasteiger partial charge in [0.1, 0.15) is 0 Å². The number of aliphatic hydroxyl groups is 1. The molecule has 0 aliphatic heterocycles. The molecule has 1 atom stereocenters. The van der Waals surface area contributed by atoms with Crippen molar-refractivity contribution in [3.8, 4) is 0 Å². The first-order valence-corrected chi connectivity index (χ1v) is 6.22. The number of nitrogens with one attached hydrogen (secondary N) is 1. The summed E-state index contributed by atoms with van der Waals surface area (Å²) in [6.45, 7) is 4.50. The Morgan fingerprint density at radius 3 is 2.74 bits per heavy atom. The SMILES string of the molecule is CC(C)CC(O)CNCc1cccc([N+](=O)[O-])c1F. The number of hydrogen-bond donors (Lipinski definition) is 2. The molecule has 0 aliphatic carbocycles. The summed E-state index contributed by atoms with van der Waals surface area (Å²) >= 11 is 0. The lowest BCUT2D eigenvalue weighted by molar-refractivity contribution is -0.387. The van der Waals surface area contributed by atoms with Crippen LogP contribution in [-0.2, 0) is 6.54 Å². The van der Waals surface area contributed by atoms with Crippen LogP contribution in [0.3, 0.4) is 0 Å². The van der Waals surface area contributed by atoms with Crippen LogP contribution in [0.25, 0.3) is 0 Å². The highest BCUT2D eigenvalue weighted by molar-refractivity contribution is 5.36. The van der Waals surface area contributed by atoms with E-state index in [1.807, 2.05) is 13.8 Å². The molecule has 0 saturated carbocycles. The fourth-order valence-electron chi connectivity index (χ4n) is 1.84. The van der Waals surface area contributed by atoms with Crippen molar-refractivity contribution in [1.82, 2.24) is 5.32 Å². The van der Waals surface area contributed by atoms with E-state index in [0.29, 0.717) is 18.9 Å². The molecule has 0 fully saturated rings. The Morgan fingerprint density at radius 1 is 1.47 bits per heavy atom. The normalized spacial score (nSPS) is 12.7. The van der Waals surface area contributed by atoms with Gasteiger partial charge in [-0.05, 0) is 12.3 Å². The Balaban J connectivity index is 2.54. The summed E-state index contributed by atoms with van der Waals surface area (Å²) in [6, 6.07) is 4.07. The Morgan fingerprint density at radius 2 is 2.16 bits per heavy atom. The van der Waals surface area contributed by atoms with Gasteiger partial charge in [-0.3, -0.25) is 10.1 Å². The average molecular weight is 270 g/mol. The molecule has 1 aromatic carbocycles. The Hall–Kier alpha value is -1.53. The number of nitrogens with zero attached hydrogens (tertiary/aromatic N) is 1. The Bertz CT molecular complexity index is 438. The number of hydrogen-bond acceptors (Lipinski definition) is 4. The van der Waals surface area contributed by atoms with E-state index < -0.39 is 22.5 Å². The first-order chi connectivity index (χ1) is 8.91. The fraction of sp³-hybridized carbons (Fsp3) is 0.538. The van der Waals surface area contributed by atoms with E-state index in [1.165, 1.54) is 12.1 Å². The van der Waals surface area contributed by atoms with Gasteiger partial charge in [-0.25, -0.2) is 0 Å². The van der Waals surface area contributed by atoms with Crippen LogP contribution in [0, 0.1) is 21.8 Å². The first-order valence-electron chi connectivity index (χ1n) is 6.22. The number of benzene rings is 1. The van der Waals surface area contributed by atoms with Crippen molar-refractivity contribution in [3.63, 3.8) is 0 Å². The van der Waals surface area contributed by atoms with Crippen LogP contribution >= 0.6 is 0 Å². The molecule has 0 spiro atoms. The number of aliphatic hydroxyl groups excluding tert-OH is 1. The lowest BCUT2D eigenvalue weighted by Crippen LogP contribution is -2.27. The molecule has 1 unspecified atom stereocenters. The van der Waals surface area contributed by atoms with Crippen LogP contribution < -0.4 is 5.32 Å². The third-order valence-electron chi connectivity index (χ3n) is 2.69. The molecule has 2 N–H and O–H groups in total. The lowest BCUT2D eigenvalue weighted by Gasteiger charge is -2.14. The minimum Gasteiger partial charge on any atom is -0.392 e. The molecule has 1 rings (SSSR count). The summed E-state index contributed by atoms with van der Waals surface area (Å²) in [6.07, 6.45) is 0.159. The monoisotopic (exact) mass is 270 g/mol. The molecule has 0 aromatic heterocycles. The molecule has 106 valence electrons. The summed E-state index contributed by atoms with van der Waals surface area (Å²) in [5, 5.41) is 23.1. The molecule has 0 heterocycles. The maximum Gasteiger partial charge on any atom is 0.305 e. The smallest absolute Gasteiger partial charge is 0.305 e. The zero-order chi connectivity index (χ0) is 14.4. The van der Waals surface area contributed by atoms with Crippen LogP contribution in [0.15, 0.2) is 18.2 Å². The highest BCUT2D eigenvalue weighted by Crippen LogP contribution is 2.19. The van der Waals surface area contributed by atoms with Crippen LogP contribution in [-0.4, -0.2) is 22.7 Å². The Labute approximate surface area is 111 Å². The standard InChI is InChI=1S/C13H19FN2O3/c1-9(2)6-11(17)8-15-7-10-4-3-5-12(13(10)14)16(18)19/h3-5,9,11,15,17H,6-8H2,1-2H3. The van der Waals surface area contributed by atoms with Gasteiger partial charge < -0.3 is 10.4 Å².